The van der Waals surface area contributed by atoms with Gasteiger partial charge in [0, 0.05) is 18.7 Å². The Kier molecular flexibility index (Phi) is 5.58. The van der Waals surface area contributed by atoms with E-state index >= 15 is 0 Å². The van der Waals surface area contributed by atoms with Gasteiger partial charge in [0.2, 0.25) is 0 Å². The van der Waals surface area contributed by atoms with Crippen LogP contribution in [0.15, 0.2) is 16.6 Å². The van der Waals surface area contributed by atoms with Crippen LogP contribution in [0, 0.1) is 0 Å². The van der Waals surface area contributed by atoms with E-state index in [9.17, 15) is 4.79 Å². The first-order valence-electron chi connectivity index (χ1n) is 5.11. The van der Waals surface area contributed by atoms with Gasteiger partial charge < -0.3 is 18.9 Å². The normalized spacial score (nSPS) is 10.6. The van der Waals surface area contributed by atoms with Crippen LogP contribution in [0.1, 0.15) is 22.2 Å². The molecule has 0 spiro atoms. The summed E-state index contributed by atoms with van der Waals surface area (Å²) in [6.07, 6.45) is -0.614. The largest absolute Gasteiger partial charge is 0.495 e. The third kappa shape index (κ3) is 2.82. The molecule has 1 rings (SSSR count). The fourth-order valence-electron chi connectivity index (χ4n) is 1.62. The van der Waals surface area contributed by atoms with Crippen LogP contribution in [0.4, 0.5) is 0 Å². The predicted octanol–water partition coefficient (Wildman–Crippen LogP) is 2.54. The molecule has 0 N–H and O–H groups in total. The number of ether oxygens (including phenoxy) is 4. The maximum atomic E-state index is 11.8. The number of halogens is 1. The van der Waals surface area contributed by atoms with Gasteiger partial charge in [0.1, 0.15) is 11.3 Å². The minimum Gasteiger partial charge on any atom is -0.495 e. The van der Waals surface area contributed by atoms with Crippen molar-refractivity contribution >= 4 is 21.9 Å². The second-order valence-corrected chi connectivity index (χ2v) is 4.19. The quantitative estimate of drug-likeness (QED) is 0.617. The highest BCUT2D eigenvalue weighted by Crippen LogP contribution is 2.36. The second-order valence-electron chi connectivity index (χ2n) is 3.34. The van der Waals surface area contributed by atoms with E-state index in [0.717, 1.165) is 0 Å². The molecule has 0 aliphatic heterocycles. The highest BCUT2D eigenvalue weighted by molar-refractivity contribution is 9.10. The van der Waals surface area contributed by atoms with Crippen LogP contribution in [0.2, 0.25) is 0 Å². The van der Waals surface area contributed by atoms with Crippen molar-refractivity contribution in [2.75, 3.05) is 28.4 Å². The Morgan fingerprint density at radius 3 is 2.22 bits per heavy atom. The number of carbonyl (C=O) groups excluding carboxylic acids is 1. The second kappa shape index (κ2) is 6.72. The molecular weight excluding hydrogens is 304 g/mol. The van der Waals surface area contributed by atoms with Gasteiger partial charge in [-0.05, 0) is 28.1 Å². The highest BCUT2D eigenvalue weighted by atomic mass is 79.9. The van der Waals surface area contributed by atoms with Crippen molar-refractivity contribution in [2.45, 2.75) is 6.29 Å². The zero-order chi connectivity index (χ0) is 13.7. The van der Waals surface area contributed by atoms with Crippen molar-refractivity contribution in [3.8, 4) is 5.75 Å². The van der Waals surface area contributed by atoms with Gasteiger partial charge in [0.25, 0.3) is 0 Å². The zero-order valence-corrected chi connectivity index (χ0v) is 12.2. The lowest BCUT2D eigenvalue weighted by Crippen LogP contribution is -2.11. The lowest BCUT2D eigenvalue weighted by Gasteiger charge is -2.19. The van der Waals surface area contributed by atoms with Gasteiger partial charge in [-0.25, -0.2) is 4.79 Å². The number of hydrogen-bond donors (Lipinski definition) is 0. The minimum atomic E-state index is -0.614. The van der Waals surface area contributed by atoms with E-state index in [0.29, 0.717) is 21.3 Å². The van der Waals surface area contributed by atoms with Gasteiger partial charge in [-0.2, -0.15) is 0 Å². The molecule has 0 aromatic heterocycles. The van der Waals surface area contributed by atoms with Crippen molar-refractivity contribution in [3.63, 3.8) is 0 Å². The molecule has 0 saturated carbocycles. The topological polar surface area (TPSA) is 54.0 Å². The van der Waals surface area contributed by atoms with Gasteiger partial charge in [-0.15, -0.1) is 0 Å². The van der Waals surface area contributed by atoms with Gasteiger partial charge in [-0.3, -0.25) is 0 Å². The van der Waals surface area contributed by atoms with E-state index in [2.05, 4.69) is 15.9 Å². The summed E-state index contributed by atoms with van der Waals surface area (Å²) < 4.78 is 20.9. The first-order valence-corrected chi connectivity index (χ1v) is 5.90. The summed E-state index contributed by atoms with van der Waals surface area (Å²) >= 11 is 3.29. The van der Waals surface area contributed by atoms with Gasteiger partial charge >= 0.3 is 5.97 Å². The Morgan fingerprint density at radius 1 is 1.17 bits per heavy atom. The average Bonchev–Trinajstić information content (AvgIpc) is 2.40. The molecule has 0 aliphatic carbocycles. The van der Waals surface area contributed by atoms with Crippen LogP contribution in [0.5, 0.6) is 5.75 Å². The van der Waals surface area contributed by atoms with E-state index in [1.807, 2.05) is 0 Å². The molecule has 5 nitrogen and oxygen atoms in total. The fourth-order valence-corrected chi connectivity index (χ4v) is 2.10. The number of hydrogen-bond acceptors (Lipinski definition) is 5. The molecule has 1 aromatic carbocycles. The highest BCUT2D eigenvalue weighted by Gasteiger charge is 2.24. The summed E-state index contributed by atoms with van der Waals surface area (Å²) in [7, 11) is 5.80. The standard InChI is InChI=1S/C12H15BrO5/c1-15-10-7(12(17-3)18-4)5-6-8(13)9(10)11(14)16-2/h5-6,12H,1-4H3. The first-order chi connectivity index (χ1) is 8.60. The van der Waals surface area contributed by atoms with Gasteiger partial charge in [0.05, 0.1) is 19.8 Å². The molecule has 18 heavy (non-hydrogen) atoms. The third-order valence-corrected chi connectivity index (χ3v) is 3.07. The van der Waals surface area contributed by atoms with Crippen molar-refractivity contribution in [1.29, 1.82) is 0 Å². The summed E-state index contributed by atoms with van der Waals surface area (Å²) in [5.74, 6) is -0.128. The molecule has 0 atom stereocenters. The van der Waals surface area contributed by atoms with Crippen LogP contribution in [-0.4, -0.2) is 34.4 Å². The molecule has 1 aromatic rings. The smallest absolute Gasteiger partial charge is 0.342 e. The Balaban J connectivity index is 3.42. The molecular formula is C12H15BrO5. The number of methoxy groups -OCH3 is 4. The molecule has 0 radical (unpaired) electrons. The molecule has 0 heterocycles. The van der Waals surface area contributed by atoms with Gasteiger partial charge in [-0.1, -0.05) is 0 Å². The Bertz CT molecular complexity index is 429. The van der Waals surface area contributed by atoms with Crippen LogP contribution in [-0.2, 0) is 14.2 Å². The molecule has 0 fully saturated rings. The lowest BCUT2D eigenvalue weighted by molar-refractivity contribution is -0.107. The van der Waals surface area contributed by atoms with E-state index < -0.39 is 12.3 Å². The lowest BCUT2D eigenvalue weighted by atomic mass is 10.1. The molecule has 0 unspecified atom stereocenters. The number of carbonyl (C=O) groups is 1. The summed E-state index contributed by atoms with van der Waals surface area (Å²) in [5.41, 5.74) is 0.919. The maximum absolute atomic E-state index is 11.8. The fraction of sp³-hybridized carbons (Fsp3) is 0.417. The van der Waals surface area contributed by atoms with Crippen molar-refractivity contribution in [2.24, 2.45) is 0 Å². The number of esters is 1. The van der Waals surface area contributed by atoms with Crippen molar-refractivity contribution < 1.29 is 23.7 Å². The average molecular weight is 319 g/mol. The molecule has 0 amide bonds. The van der Waals surface area contributed by atoms with E-state index in [-0.39, 0.29) is 0 Å². The SMILES string of the molecule is COC(=O)c1c(Br)ccc(C(OC)OC)c1OC. The zero-order valence-electron chi connectivity index (χ0n) is 10.7. The molecule has 100 valence electrons. The Hall–Kier alpha value is -1.11. The monoisotopic (exact) mass is 318 g/mol. The maximum Gasteiger partial charge on any atom is 0.342 e. The molecule has 0 bridgehead atoms. The molecule has 0 saturated heterocycles. The summed E-state index contributed by atoms with van der Waals surface area (Å²) in [4.78, 5) is 11.8. The van der Waals surface area contributed by atoms with Crippen LogP contribution >= 0.6 is 15.9 Å². The predicted molar refractivity (Wildman–Crippen MR) is 68.8 cm³/mol. The van der Waals surface area contributed by atoms with Crippen molar-refractivity contribution in [1.82, 2.24) is 0 Å². The van der Waals surface area contributed by atoms with E-state index in [1.54, 1.807) is 12.1 Å². The minimum absolute atomic E-state index is 0.302. The number of benzene rings is 1. The van der Waals surface area contributed by atoms with E-state index in [4.69, 9.17) is 18.9 Å². The van der Waals surface area contributed by atoms with Gasteiger partial charge in [0.15, 0.2) is 6.29 Å². The van der Waals surface area contributed by atoms with Crippen LogP contribution in [0.25, 0.3) is 0 Å². The van der Waals surface area contributed by atoms with Crippen molar-refractivity contribution in [3.05, 3.63) is 27.7 Å². The molecule has 0 aliphatic rings. The summed E-state index contributed by atoms with van der Waals surface area (Å²) in [6.45, 7) is 0. The summed E-state index contributed by atoms with van der Waals surface area (Å²) in [5, 5.41) is 0. The Labute approximate surface area is 114 Å². The van der Waals surface area contributed by atoms with Crippen LogP contribution < -0.4 is 4.74 Å². The number of rotatable bonds is 5. The van der Waals surface area contributed by atoms with E-state index in [1.165, 1.54) is 28.4 Å². The molecule has 6 heteroatoms. The van der Waals surface area contributed by atoms with Crippen LogP contribution in [0.3, 0.4) is 0 Å². The third-order valence-electron chi connectivity index (χ3n) is 2.41. The first kappa shape index (κ1) is 14.9. The summed E-state index contributed by atoms with van der Waals surface area (Å²) in [6, 6.07) is 3.47. The Morgan fingerprint density at radius 2 is 1.78 bits per heavy atom.